The number of hydrogen-bond donors (Lipinski definition) is 3. The average Bonchev–Trinajstić information content (AvgIpc) is 3.04. The monoisotopic (exact) mass is 333 g/mol. The van der Waals surface area contributed by atoms with E-state index in [1.807, 2.05) is 30.3 Å². The van der Waals surface area contributed by atoms with Crippen molar-refractivity contribution < 1.29 is 14.7 Å². The van der Waals surface area contributed by atoms with Gasteiger partial charge in [0, 0.05) is 25.6 Å². The zero-order valence-electron chi connectivity index (χ0n) is 14.4. The summed E-state index contributed by atoms with van der Waals surface area (Å²) in [6.07, 6.45) is 1.28. The Morgan fingerprint density at radius 2 is 1.96 bits per heavy atom. The van der Waals surface area contributed by atoms with E-state index in [4.69, 9.17) is 5.11 Å². The van der Waals surface area contributed by atoms with E-state index in [2.05, 4.69) is 24.7 Å². The van der Waals surface area contributed by atoms with Crippen molar-refractivity contribution in [3.63, 3.8) is 0 Å². The van der Waals surface area contributed by atoms with E-state index in [9.17, 15) is 9.59 Å². The highest BCUT2D eigenvalue weighted by Crippen LogP contribution is 2.16. The van der Waals surface area contributed by atoms with Crippen molar-refractivity contribution in [2.45, 2.75) is 51.7 Å². The van der Waals surface area contributed by atoms with Crippen molar-refractivity contribution in [3.05, 3.63) is 35.9 Å². The van der Waals surface area contributed by atoms with Gasteiger partial charge >= 0.3 is 5.97 Å². The van der Waals surface area contributed by atoms with Crippen LogP contribution in [0.3, 0.4) is 0 Å². The topological polar surface area (TPSA) is 81.7 Å². The summed E-state index contributed by atoms with van der Waals surface area (Å²) in [5.41, 5.74) is 7.33. The standard InChI is InChI=1S/C18H27N3O3/c1-13(2)15-11-16(20-19-15)18(24)21(10-6-9-17(22)23)12-14-7-4-3-5-8-14/h3-5,7-8,13,15-16,19-20H,6,9-12H2,1-2H3,(H,22,23). The lowest BCUT2D eigenvalue weighted by atomic mass is 9.99. The minimum atomic E-state index is -0.831. The van der Waals surface area contributed by atoms with Crippen LogP contribution in [0.1, 0.15) is 38.7 Å². The lowest BCUT2D eigenvalue weighted by molar-refractivity contribution is -0.138. The highest BCUT2D eigenvalue weighted by atomic mass is 16.4. The summed E-state index contributed by atoms with van der Waals surface area (Å²) in [6.45, 7) is 5.20. The molecule has 132 valence electrons. The van der Waals surface area contributed by atoms with Crippen LogP contribution in [-0.4, -0.2) is 40.5 Å². The van der Waals surface area contributed by atoms with Crippen LogP contribution in [0.5, 0.6) is 0 Å². The van der Waals surface area contributed by atoms with Crippen LogP contribution in [0.4, 0.5) is 0 Å². The molecule has 3 N–H and O–H groups in total. The molecule has 2 rings (SSSR count). The van der Waals surface area contributed by atoms with Crippen molar-refractivity contribution in [2.24, 2.45) is 5.92 Å². The minimum Gasteiger partial charge on any atom is -0.481 e. The fourth-order valence-corrected chi connectivity index (χ4v) is 2.89. The van der Waals surface area contributed by atoms with Gasteiger partial charge in [-0.3, -0.25) is 15.0 Å². The lowest BCUT2D eigenvalue weighted by Gasteiger charge is -2.25. The van der Waals surface area contributed by atoms with Gasteiger partial charge in [-0.05, 0) is 24.3 Å². The molecule has 24 heavy (non-hydrogen) atoms. The number of hydrogen-bond acceptors (Lipinski definition) is 4. The van der Waals surface area contributed by atoms with Gasteiger partial charge in [-0.25, -0.2) is 5.43 Å². The Morgan fingerprint density at radius 3 is 2.54 bits per heavy atom. The Balaban J connectivity index is 2.00. The van der Waals surface area contributed by atoms with Crippen LogP contribution in [-0.2, 0) is 16.1 Å². The molecule has 2 atom stereocenters. The second kappa shape index (κ2) is 8.80. The number of carboxylic acids is 1. The van der Waals surface area contributed by atoms with E-state index in [0.29, 0.717) is 25.4 Å². The van der Waals surface area contributed by atoms with E-state index in [1.54, 1.807) is 4.90 Å². The number of rotatable bonds is 8. The van der Waals surface area contributed by atoms with E-state index < -0.39 is 5.97 Å². The Morgan fingerprint density at radius 1 is 1.25 bits per heavy atom. The molecule has 6 nitrogen and oxygen atoms in total. The zero-order chi connectivity index (χ0) is 17.5. The Kier molecular flexibility index (Phi) is 6.75. The Labute approximate surface area is 143 Å². The molecule has 0 saturated carbocycles. The molecular formula is C18H27N3O3. The van der Waals surface area contributed by atoms with Crippen LogP contribution in [0.2, 0.25) is 0 Å². The number of carboxylic acid groups (broad SMARTS) is 1. The number of amides is 1. The van der Waals surface area contributed by atoms with Crippen molar-refractivity contribution in [3.8, 4) is 0 Å². The molecule has 1 aromatic rings. The maximum absolute atomic E-state index is 12.9. The van der Waals surface area contributed by atoms with Crippen LogP contribution in [0.25, 0.3) is 0 Å². The summed E-state index contributed by atoms with van der Waals surface area (Å²) >= 11 is 0. The molecule has 1 aromatic carbocycles. The molecule has 0 aromatic heterocycles. The molecule has 2 unspecified atom stereocenters. The second-order valence-corrected chi connectivity index (χ2v) is 6.67. The predicted molar refractivity (Wildman–Crippen MR) is 92.0 cm³/mol. The van der Waals surface area contributed by atoms with Crippen molar-refractivity contribution in [2.75, 3.05) is 6.54 Å². The molecule has 0 radical (unpaired) electrons. The van der Waals surface area contributed by atoms with Crippen LogP contribution in [0.15, 0.2) is 30.3 Å². The molecule has 0 aliphatic carbocycles. The molecule has 1 heterocycles. The maximum atomic E-state index is 12.9. The summed E-state index contributed by atoms with van der Waals surface area (Å²) in [6, 6.07) is 9.81. The smallest absolute Gasteiger partial charge is 0.303 e. The van der Waals surface area contributed by atoms with Gasteiger partial charge in [0.2, 0.25) is 5.91 Å². The van der Waals surface area contributed by atoms with Gasteiger partial charge in [0.15, 0.2) is 0 Å². The van der Waals surface area contributed by atoms with E-state index in [0.717, 1.165) is 12.0 Å². The first-order valence-corrected chi connectivity index (χ1v) is 8.53. The van der Waals surface area contributed by atoms with E-state index >= 15 is 0 Å². The highest BCUT2D eigenvalue weighted by molar-refractivity contribution is 5.82. The number of carbonyl (C=O) groups excluding carboxylic acids is 1. The Bertz CT molecular complexity index is 548. The number of carbonyl (C=O) groups is 2. The van der Waals surface area contributed by atoms with Crippen molar-refractivity contribution in [1.29, 1.82) is 0 Å². The van der Waals surface area contributed by atoms with Gasteiger partial charge in [-0.1, -0.05) is 44.2 Å². The molecule has 1 fully saturated rings. The summed E-state index contributed by atoms with van der Waals surface area (Å²) in [5, 5.41) is 8.84. The second-order valence-electron chi connectivity index (χ2n) is 6.67. The zero-order valence-corrected chi connectivity index (χ0v) is 14.4. The highest BCUT2D eigenvalue weighted by Gasteiger charge is 2.33. The minimum absolute atomic E-state index is 0.0277. The van der Waals surface area contributed by atoms with E-state index in [-0.39, 0.29) is 24.4 Å². The third-order valence-corrected chi connectivity index (χ3v) is 4.38. The number of nitrogens with zero attached hydrogens (tertiary/aromatic N) is 1. The molecule has 6 heteroatoms. The summed E-state index contributed by atoms with van der Waals surface area (Å²) in [5.74, 6) is -0.354. The van der Waals surface area contributed by atoms with Crippen LogP contribution in [0, 0.1) is 5.92 Å². The molecule has 1 amide bonds. The third-order valence-electron chi connectivity index (χ3n) is 4.38. The van der Waals surface area contributed by atoms with Gasteiger partial charge in [0.05, 0.1) is 0 Å². The van der Waals surface area contributed by atoms with Crippen LogP contribution < -0.4 is 10.9 Å². The summed E-state index contributed by atoms with van der Waals surface area (Å²) in [4.78, 5) is 25.4. The lowest BCUT2D eigenvalue weighted by Crippen LogP contribution is -2.46. The molecule has 0 spiro atoms. The molecule has 1 saturated heterocycles. The fourth-order valence-electron chi connectivity index (χ4n) is 2.89. The number of nitrogens with one attached hydrogen (secondary N) is 2. The van der Waals surface area contributed by atoms with Gasteiger partial charge < -0.3 is 10.0 Å². The largest absolute Gasteiger partial charge is 0.481 e. The van der Waals surface area contributed by atoms with Gasteiger partial charge in [0.1, 0.15) is 6.04 Å². The number of aliphatic carboxylic acids is 1. The van der Waals surface area contributed by atoms with Crippen molar-refractivity contribution >= 4 is 11.9 Å². The first kappa shape index (κ1) is 18.4. The van der Waals surface area contributed by atoms with Crippen molar-refractivity contribution in [1.82, 2.24) is 15.8 Å². The first-order chi connectivity index (χ1) is 11.5. The summed E-state index contributed by atoms with van der Waals surface area (Å²) in [7, 11) is 0. The average molecular weight is 333 g/mol. The first-order valence-electron chi connectivity index (χ1n) is 8.53. The molecule has 1 aliphatic heterocycles. The molecule has 0 bridgehead atoms. The molecular weight excluding hydrogens is 306 g/mol. The maximum Gasteiger partial charge on any atom is 0.303 e. The van der Waals surface area contributed by atoms with E-state index in [1.165, 1.54) is 0 Å². The SMILES string of the molecule is CC(C)C1CC(C(=O)N(CCCC(=O)O)Cc2ccccc2)NN1. The normalized spacial score (nSPS) is 20.3. The third kappa shape index (κ3) is 5.32. The number of hydrazine groups is 1. The Hall–Kier alpha value is -1.92. The predicted octanol–water partition coefficient (Wildman–Crippen LogP) is 1.77. The van der Waals surface area contributed by atoms with Crippen LogP contribution >= 0.6 is 0 Å². The number of benzene rings is 1. The van der Waals surface area contributed by atoms with Gasteiger partial charge in [0.25, 0.3) is 0 Å². The van der Waals surface area contributed by atoms with Gasteiger partial charge in [-0.15, -0.1) is 0 Å². The van der Waals surface area contributed by atoms with Gasteiger partial charge in [-0.2, -0.15) is 0 Å². The summed E-state index contributed by atoms with van der Waals surface area (Å²) < 4.78 is 0. The molecule has 1 aliphatic rings. The quantitative estimate of drug-likeness (QED) is 0.675. The fraction of sp³-hybridized carbons (Fsp3) is 0.556.